The molecule has 0 saturated heterocycles. The molecular formula is C24H34N6O5S. The van der Waals surface area contributed by atoms with Crippen molar-refractivity contribution in [2.75, 3.05) is 5.75 Å². The van der Waals surface area contributed by atoms with Crippen molar-refractivity contribution in [3.05, 3.63) is 54.1 Å². The Morgan fingerprint density at radius 2 is 1.61 bits per heavy atom. The number of H-pyrrole nitrogens is 1. The van der Waals surface area contributed by atoms with Crippen LogP contribution >= 0.6 is 12.6 Å². The van der Waals surface area contributed by atoms with E-state index >= 15 is 0 Å². The topological polar surface area (TPSA) is 179 Å². The summed E-state index contributed by atoms with van der Waals surface area (Å²) < 4.78 is 0. The molecule has 0 spiro atoms. The van der Waals surface area contributed by atoms with Gasteiger partial charge in [0, 0.05) is 30.5 Å². The SMILES string of the molecule is CCC(C)C(N)C(=O)NC(Cc1ccccc1)C(=O)NC(CS)C(=O)NC(Cc1cnc[nH]1)C(=O)O. The van der Waals surface area contributed by atoms with Crippen LogP contribution in [0.25, 0.3) is 0 Å². The van der Waals surface area contributed by atoms with Gasteiger partial charge in [0.25, 0.3) is 0 Å². The molecule has 7 N–H and O–H groups in total. The highest BCUT2D eigenvalue weighted by molar-refractivity contribution is 7.80. The lowest BCUT2D eigenvalue weighted by Crippen LogP contribution is -2.58. The van der Waals surface area contributed by atoms with Gasteiger partial charge < -0.3 is 31.8 Å². The number of carbonyl (C=O) groups is 4. The number of nitrogens with two attached hydrogens (primary N) is 1. The first-order valence-electron chi connectivity index (χ1n) is 11.7. The molecule has 196 valence electrons. The minimum Gasteiger partial charge on any atom is -0.480 e. The molecular weight excluding hydrogens is 484 g/mol. The van der Waals surface area contributed by atoms with Crippen molar-refractivity contribution in [1.82, 2.24) is 25.9 Å². The van der Waals surface area contributed by atoms with Crippen LogP contribution in [-0.2, 0) is 32.0 Å². The highest BCUT2D eigenvalue weighted by Gasteiger charge is 2.31. The van der Waals surface area contributed by atoms with E-state index in [1.54, 1.807) is 0 Å². The molecule has 0 aliphatic heterocycles. The minimum atomic E-state index is -1.24. The monoisotopic (exact) mass is 518 g/mol. The zero-order valence-corrected chi connectivity index (χ0v) is 21.2. The summed E-state index contributed by atoms with van der Waals surface area (Å²) in [4.78, 5) is 57.0. The Morgan fingerprint density at radius 3 is 2.17 bits per heavy atom. The van der Waals surface area contributed by atoms with Crippen LogP contribution in [0.1, 0.15) is 31.5 Å². The third kappa shape index (κ3) is 8.68. The number of benzene rings is 1. The lowest BCUT2D eigenvalue weighted by Gasteiger charge is -2.25. The Morgan fingerprint density at radius 1 is 1.00 bits per heavy atom. The fraction of sp³-hybridized carbons (Fsp3) is 0.458. The molecule has 1 aromatic carbocycles. The molecule has 1 aromatic heterocycles. The molecule has 0 bridgehead atoms. The van der Waals surface area contributed by atoms with Crippen molar-refractivity contribution in [2.45, 2.75) is 57.3 Å². The van der Waals surface area contributed by atoms with E-state index in [1.165, 1.54) is 12.5 Å². The Bertz CT molecular complexity index is 1000. The summed E-state index contributed by atoms with van der Waals surface area (Å²) in [5.41, 5.74) is 7.37. The average Bonchev–Trinajstić information content (AvgIpc) is 3.38. The molecule has 2 aromatic rings. The zero-order valence-electron chi connectivity index (χ0n) is 20.3. The molecule has 5 atom stereocenters. The minimum absolute atomic E-state index is 0.0193. The number of imidazole rings is 1. The zero-order chi connectivity index (χ0) is 26.7. The maximum absolute atomic E-state index is 13.2. The Labute approximate surface area is 215 Å². The molecule has 0 saturated carbocycles. The second-order valence-corrected chi connectivity index (χ2v) is 8.95. The summed E-state index contributed by atoms with van der Waals surface area (Å²) in [6.07, 6.45) is 3.70. The molecule has 36 heavy (non-hydrogen) atoms. The van der Waals surface area contributed by atoms with Gasteiger partial charge in [0.05, 0.1) is 12.4 Å². The van der Waals surface area contributed by atoms with Crippen molar-refractivity contribution in [3.8, 4) is 0 Å². The number of thiol groups is 1. The number of hydrogen-bond donors (Lipinski definition) is 7. The summed E-state index contributed by atoms with van der Waals surface area (Å²) in [6.45, 7) is 3.76. The van der Waals surface area contributed by atoms with Gasteiger partial charge in [0.2, 0.25) is 17.7 Å². The lowest BCUT2D eigenvalue weighted by atomic mass is 9.98. The number of carbonyl (C=O) groups excluding carboxylic acids is 3. The molecule has 0 aliphatic carbocycles. The molecule has 0 aliphatic rings. The van der Waals surface area contributed by atoms with E-state index in [4.69, 9.17) is 5.73 Å². The van der Waals surface area contributed by atoms with Crippen LogP contribution in [0.5, 0.6) is 0 Å². The van der Waals surface area contributed by atoms with Gasteiger partial charge >= 0.3 is 5.97 Å². The van der Waals surface area contributed by atoms with E-state index in [9.17, 15) is 24.3 Å². The first-order chi connectivity index (χ1) is 17.2. The predicted octanol–water partition coefficient (Wildman–Crippen LogP) is 0.0371. The maximum Gasteiger partial charge on any atom is 0.326 e. The van der Waals surface area contributed by atoms with Crippen LogP contribution in [-0.4, -0.2) is 68.7 Å². The number of amides is 3. The van der Waals surface area contributed by atoms with Gasteiger partial charge in [-0.25, -0.2) is 9.78 Å². The Kier molecular flexibility index (Phi) is 11.4. The molecule has 1 heterocycles. The number of hydrogen-bond acceptors (Lipinski definition) is 7. The maximum atomic E-state index is 13.2. The van der Waals surface area contributed by atoms with Crippen LogP contribution < -0.4 is 21.7 Å². The number of aromatic amines is 1. The highest BCUT2D eigenvalue weighted by atomic mass is 32.1. The summed E-state index contributed by atoms with van der Waals surface area (Å²) in [5.74, 6) is -3.23. The quantitative estimate of drug-likeness (QED) is 0.172. The van der Waals surface area contributed by atoms with Gasteiger partial charge in [0.15, 0.2) is 0 Å². The van der Waals surface area contributed by atoms with Crippen molar-refractivity contribution >= 4 is 36.3 Å². The van der Waals surface area contributed by atoms with Gasteiger partial charge in [-0.1, -0.05) is 50.6 Å². The third-order valence-corrected chi connectivity index (χ3v) is 6.25. The molecule has 0 fully saturated rings. The smallest absolute Gasteiger partial charge is 0.326 e. The van der Waals surface area contributed by atoms with Gasteiger partial charge in [-0.2, -0.15) is 12.6 Å². The van der Waals surface area contributed by atoms with E-state index in [-0.39, 0.29) is 24.5 Å². The highest BCUT2D eigenvalue weighted by Crippen LogP contribution is 2.09. The number of carboxylic acids is 1. The summed E-state index contributed by atoms with van der Waals surface area (Å²) in [6, 6.07) is 4.90. The number of aromatic nitrogens is 2. The van der Waals surface area contributed by atoms with E-state index in [1.807, 2.05) is 44.2 Å². The van der Waals surface area contributed by atoms with Crippen LogP contribution in [0, 0.1) is 5.92 Å². The second kappa shape index (κ2) is 14.2. The van der Waals surface area contributed by atoms with E-state index < -0.39 is 47.9 Å². The molecule has 12 heteroatoms. The Balaban J connectivity index is 2.13. The fourth-order valence-corrected chi connectivity index (χ4v) is 3.65. The largest absolute Gasteiger partial charge is 0.480 e. The lowest BCUT2D eigenvalue weighted by molar-refractivity contribution is -0.142. The van der Waals surface area contributed by atoms with E-state index in [0.29, 0.717) is 12.1 Å². The molecule has 5 unspecified atom stereocenters. The van der Waals surface area contributed by atoms with Gasteiger partial charge in [-0.05, 0) is 11.5 Å². The molecule has 3 amide bonds. The number of nitrogens with zero attached hydrogens (tertiary/aromatic N) is 1. The molecule has 0 radical (unpaired) electrons. The van der Waals surface area contributed by atoms with Crippen molar-refractivity contribution in [1.29, 1.82) is 0 Å². The third-order valence-electron chi connectivity index (χ3n) is 5.88. The van der Waals surface area contributed by atoms with Gasteiger partial charge in [-0.3, -0.25) is 14.4 Å². The number of nitrogens with one attached hydrogen (secondary N) is 4. The van der Waals surface area contributed by atoms with Crippen LogP contribution in [0.3, 0.4) is 0 Å². The number of aliphatic carboxylic acids is 1. The normalized spacial score (nSPS) is 15.1. The second-order valence-electron chi connectivity index (χ2n) is 8.59. The Hall–Kier alpha value is -3.38. The van der Waals surface area contributed by atoms with Gasteiger partial charge in [-0.15, -0.1) is 0 Å². The van der Waals surface area contributed by atoms with Crippen LogP contribution in [0.15, 0.2) is 42.9 Å². The van der Waals surface area contributed by atoms with Crippen LogP contribution in [0.2, 0.25) is 0 Å². The fourth-order valence-electron chi connectivity index (χ4n) is 3.39. The number of rotatable bonds is 14. The molecule has 2 rings (SSSR count). The van der Waals surface area contributed by atoms with Crippen molar-refractivity contribution < 1.29 is 24.3 Å². The summed E-state index contributed by atoms with van der Waals surface area (Å²) >= 11 is 4.16. The van der Waals surface area contributed by atoms with Gasteiger partial charge in [0.1, 0.15) is 18.1 Å². The van der Waals surface area contributed by atoms with E-state index in [0.717, 1.165) is 5.56 Å². The first kappa shape index (κ1) is 28.9. The number of carboxylic acid groups (broad SMARTS) is 1. The average molecular weight is 519 g/mol. The summed E-state index contributed by atoms with van der Waals surface area (Å²) in [5, 5.41) is 17.2. The van der Waals surface area contributed by atoms with Crippen molar-refractivity contribution in [3.63, 3.8) is 0 Å². The first-order valence-corrected chi connectivity index (χ1v) is 12.3. The standard InChI is InChI=1S/C24H34N6O5S/c1-3-14(2)20(25)23(33)28-17(9-15-7-5-4-6-8-15)21(31)30-19(12-36)22(32)29-18(24(34)35)10-16-11-26-13-27-16/h4-8,11,13-14,17-20,36H,3,9-10,12,25H2,1-2H3,(H,26,27)(H,28,33)(H,29,32)(H,30,31)(H,34,35). The van der Waals surface area contributed by atoms with Crippen molar-refractivity contribution in [2.24, 2.45) is 11.7 Å². The van der Waals surface area contributed by atoms with E-state index in [2.05, 4.69) is 38.5 Å². The predicted molar refractivity (Wildman–Crippen MR) is 137 cm³/mol. The van der Waals surface area contributed by atoms with Crippen LogP contribution in [0.4, 0.5) is 0 Å². The summed E-state index contributed by atoms with van der Waals surface area (Å²) in [7, 11) is 0. The molecule has 11 nitrogen and oxygen atoms in total.